The van der Waals surface area contributed by atoms with E-state index in [0.717, 1.165) is 34.2 Å². The maximum absolute atomic E-state index is 12.8. The summed E-state index contributed by atoms with van der Waals surface area (Å²) in [6.07, 6.45) is 2.06. The Morgan fingerprint density at radius 3 is 2.65 bits per heavy atom. The molecule has 7 heteroatoms. The van der Waals surface area contributed by atoms with E-state index < -0.39 is 0 Å². The Bertz CT molecular complexity index is 1060. The highest BCUT2D eigenvalue weighted by molar-refractivity contribution is 7.20. The first-order valence-corrected chi connectivity index (χ1v) is 11.1. The number of benzene rings is 2. The fraction of sp³-hybridized carbons (Fsp3) is 0.333. The Morgan fingerprint density at radius 2 is 1.90 bits per heavy atom. The Hall–Kier alpha value is -2.90. The lowest BCUT2D eigenvalue weighted by molar-refractivity contribution is 0.0606. The van der Waals surface area contributed by atoms with Crippen LogP contribution >= 0.6 is 11.3 Å². The van der Waals surface area contributed by atoms with Crippen LogP contribution in [0.4, 0.5) is 5.69 Å². The van der Waals surface area contributed by atoms with Crippen LogP contribution in [-0.2, 0) is 16.1 Å². The number of thiophene rings is 1. The number of hydrogen-bond acceptors (Lipinski definition) is 6. The molecule has 0 aliphatic carbocycles. The van der Waals surface area contributed by atoms with E-state index >= 15 is 0 Å². The Balaban J connectivity index is 1.76. The van der Waals surface area contributed by atoms with Gasteiger partial charge in [0.25, 0.3) is 5.91 Å². The van der Waals surface area contributed by atoms with Crippen LogP contribution in [0.3, 0.4) is 0 Å². The number of fused-ring (bicyclic) bond motifs is 1. The number of ether oxygens (including phenoxy) is 3. The van der Waals surface area contributed by atoms with Gasteiger partial charge in [0.05, 0.1) is 20.3 Å². The minimum atomic E-state index is -0.366. The Kier molecular flexibility index (Phi) is 8.03. The number of nitrogens with one attached hydrogen (secondary N) is 1. The maximum Gasteiger partial charge on any atom is 0.348 e. The topological polar surface area (TPSA) is 73.9 Å². The standard InChI is InChI=1S/C24H27NO5S/c1-4-6-11-29-15-18-12-16(7-9-20(18)30-5-2)23(26)25-19-8-10-21-17(13-19)14-22(31-21)24(27)28-3/h7-10,12-14H,4-6,11,15H2,1-3H3,(H,25,26). The molecule has 0 spiro atoms. The van der Waals surface area contributed by atoms with Crippen molar-refractivity contribution in [3.8, 4) is 5.75 Å². The van der Waals surface area contributed by atoms with Crippen LogP contribution < -0.4 is 10.1 Å². The number of carbonyl (C=O) groups is 2. The van der Waals surface area contributed by atoms with Crippen molar-refractivity contribution < 1.29 is 23.8 Å². The predicted molar refractivity (Wildman–Crippen MR) is 123 cm³/mol. The predicted octanol–water partition coefficient (Wildman–Crippen LogP) is 5.66. The lowest BCUT2D eigenvalue weighted by Gasteiger charge is -2.13. The van der Waals surface area contributed by atoms with E-state index in [9.17, 15) is 9.59 Å². The quantitative estimate of drug-likeness (QED) is 0.325. The number of esters is 1. The smallest absolute Gasteiger partial charge is 0.348 e. The summed E-state index contributed by atoms with van der Waals surface area (Å²) in [5.41, 5.74) is 2.03. The van der Waals surface area contributed by atoms with Gasteiger partial charge in [-0.05, 0) is 61.2 Å². The second-order valence-electron chi connectivity index (χ2n) is 6.97. The molecule has 2 aromatic carbocycles. The van der Waals surface area contributed by atoms with Gasteiger partial charge in [-0.3, -0.25) is 4.79 Å². The zero-order chi connectivity index (χ0) is 22.2. The summed E-state index contributed by atoms with van der Waals surface area (Å²) in [6, 6.07) is 12.7. The third kappa shape index (κ3) is 5.83. The summed E-state index contributed by atoms with van der Waals surface area (Å²) in [4.78, 5) is 25.1. The second-order valence-corrected chi connectivity index (χ2v) is 8.05. The van der Waals surface area contributed by atoms with Crippen LogP contribution in [0.1, 0.15) is 52.3 Å². The summed E-state index contributed by atoms with van der Waals surface area (Å²) >= 11 is 1.36. The molecule has 0 atom stereocenters. The van der Waals surface area contributed by atoms with Crippen LogP contribution in [0.5, 0.6) is 5.75 Å². The number of methoxy groups -OCH3 is 1. The maximum atomic E-state index is 12.8. The lowest BCUT2D eigenvalue weighted by Crippen LogP contribution is -2.13. The van der Waals surface area contributed by atoms with Crippen LogP contribution in [-0.4, -0.2) is 32.2 Å². The van der Waals surface area contributed by atoms with Gasteiger partial charge in [0, 0.05) is 28.1 Å². The average Bonchev–Trinajstić information content (AvgIpc) is 3.20. The minimum Gasteiger partial charge on any atom is -0.494 e. The first-order chi connectivity index (χ1) is 15.0. The van der Waals surface area contributed by atoms with Crippen molar-refractivity contribution in [1.29, 1.82) is 0 Å². The summed E-state index contributed by atoms with van der Waals surface area (Å²) in [6.45, 7) is 5.65. The SMILES string of the molecule is CCCCOCc1cc(C(=O)Nc2ccc3sc(C(=O)OC)cc3c2)ccc1OCC. The number of rotatable bonds is 10. The molecule has 3 aromatic rings. The van der Waals surface area contributed by atoms with Gasteiger partial charge < -0.3 is 19.5 Å². The molecule has 0 fully saturated rings. The highest BCUT2D eigenvalue weighted by Crippen LogP contribution is 2.29. The molecular formula is C24H27NO5S. The molecule has 1 aromatic heterocycles. The first kappa shape index (κ1) is 22.8. The Labute approximate surface area is 186 Å². The molecule has 0 aliphatic rings. The summed E-state index contributed by atoms with van der Waals surface area (Å²) in [5.74, 6) is 0.140. The van der Waals surface area contributed by atoms with E-state index in [4.69, 9.17) is 14.2 Å². The molecule has 0 aliphatic heterocycles. The summed E-state index contributed by atoms with van der Waals surface area (Å²) in [5, 5.41) is 3.80. The van der Waals surface area contributed by atoms with Gasteiger partial charge in [0.1, 0.15) is 10.6 Å². The number of anilines is 1. The van der Waals surface area contributed by atoms with Crippen molar-refractivity contribution in [2.24, 2.45) is 0 Å². The van der Waals surface area contributed by atoms with Gasteiger partial charge >= 0.3 is 5.97 Å². The van der Waals surface area contributed by atoms with Crippen molar-refractivity contribution in [1.82, 2.24) is 0 Å². The highest BCUT2D eigenvalue weighted by Gasteiger charge is 2.14. The third-order valence-corrected chi connectivity index (χ3v) is 5.78. The van der Waals surface area contributed by atoms with E-state index in [-0.39, 0.29) is 11.9 Å². The van der Waals surface area contributed by atoms with E-state index in [1.165, 1.54) is 18.4 Å². The molecule has 1 heterocycles. The van der Waals surface area contributed by atoms with Crippen molar-refractivity contribution in [3.63, 3.8) is 0 Å². The average molecular weight is 442 g/mol. The molecule has 0 saturated heterocycles. The van der Waals surface area contributed by atoms with Crippen molar-refractivity contribution >= 4 is 39.0 Å². The molecule has 6 nitrogen and oxygen atoms in total. The summed E-state index contributed by atoms with van der Waals surface area (Å²) < 4.78 is 17.1. The van der Waals surface area contributed by atoms with Gasteiger partial charge in [0.2, 0.25) is 0 Å². The largest absolute Gasteiger partial charge is 0.494 e. The molecule has 0 bridgehead atoms. The highest BCUT2D eigenvalue weighted by atomic mass is 32.1. The zero-order valence-electron chi connectivity index (χ0n) is 18.0. The fourth-order valence-corrected chi connectivity index (χ4v) is 4.05. The zero-order valence-corrected chi connectivity index (χ0v) is 18.8. The van der Waals surface area contributed by atoms with Gasteiger partial charge in [-0.2, -0.15) is 0 Å². The second kappa shape index (κ2) is 10.9. The number of amides is 1. The minimum absolute atomic E-state index is 0.222. The molecule has 164 valence electrons. The van der Waals surface area contributed by atoms with E-state index in [1.807, 2.05) is 37.3 Å². The molecular weight excluding hydrogens is 414 g/mol. The molecule has 31 heavy (non-hydrogen) atoms. The van der Waals surface area contributed by atoms with Crippen molar-refractivity contribution in [2.75, 3.05) is 25.6 Å². The van der Waals surface area contributed by atoms with Gasteiger partial charge in [0.15, 0.2) is 0 Å². The molecule has 0 saturated carbocycles. The molecule has 1 N–H and O–H groups in total. The number of carbonyl (C=O) groups excluding carboxylic acids is 2. The van der Waals surface area contributed by atoms with E-state index in [1.54, 1.807) is 12.1 Å². The molecule has 3 rings (SSSR count). The third-order valence-electron chi connectivity index (χ3n) is 4.68. The van der Waals surface area contributed by atoms with Crippen LogP contribution in [0.25, 0.3) is 10.1 Å². The lowest BCUT2D eigenvalue weighted by atomic mass is 10.1. The normalized spacial score (nSPS) is 10.8. The van der Waals surface area contributed by atoms with Crippen LogP contribution in [0.15, 0.2) is 42.5 Å². The first-order valence-electron chi connectivity index (χ1n) is 10.3. The van der Waals surface area contributed by atoms with E-state index in [2.05, 4.69) is 12.2 Å². The number of unbranched alkanes of at least 4 members (excludes halogenated alkanes) is 1. The van der Waals surface area contributed by atoms with Gasteiger partial charge in [-0.15, -0.1) is 11.3 Å². The monoisotopic (exact) mass is 441 g/mol. The Morgan fingerprint density at radius 1 is 1.06 bits per heavy atom. The fourth-order valence-electron chi connectivity index (χ4n) is 3.08. The van der Waals surface area contributed by atoms with Crippen molar-refractivity contribution in [2.45, 2.75) is 33.3 Å². The molecule has 0 unspecified atom stereocenters. The van der Waals surface area contributed by atoms with Gasteiger partial charge in [-0.25, -0.2) is 4.79 Å². The molecule has 0 radical (unpaired) electrons. The molecule has 1 amide bonds. The summed E-state index contributed by atoms with van der Waals surface area (Å²) in [7, 11) is 1.36. The van der Waals surface area contributed by atoms with Crippen molar-refractivity contribution in [3.05, 3.63) is 58.5 Å². The number of hydrogen-bond donors (Lipinski definition) is 1. The van der Waals surface area contributed by atoms with Gasteiger partial charge in [-0.1, -0.05) is 13.3 Å². The van der Waals surface area contributed by atoms with Crippen LogP contribution in [0, 0.1) is 0 Å². The van der Waals surface area contributed by atoms with Crippen LogP contribution in [0.2, 0.25) is 0 Å². The van der Waals surface area contributed by atoms with E-state index in [0.29, 0.717) is 35.9 Å².